The first kappa shape index (κ1) is 9.58. The minimum Gasteiger partial charge on any atom is -0.478 e. The molecule has 0 amide bonds. The molecule has 1 aromatic carbocycles. The fraction of sp³-hybridized carbons (Fsp3) is 0.182. The van der Waals surface area contributed by atoms with Crippen molar-refractivity contribution >= 4 is 16.9 Å². The summed E-state index contributed by atoms with van der Waals surface area (Å²) in [5.41, 5.74) is 1.04. The molecular formula is C11H11NO3. The van der Waals surface area contributed by atoms with Gasteiger partial charge in [0.1, 0.15) is 6.61 Å². The Labute approximate surface area is 86.7 Å². The van der Waals surface area contributed by atoms with Gasteiger partial charge in [0.05, 0.1) is 11.1 Å². The summed E-state index contributed by atoms with van der Waals surface area (Å²) < 4.78 is 1.59. The quantitative estimate of drug-likeness (QED) is 0.831. The van der Waals surface area contributed by atoms with Crippen LogP contribution in [0.25, 0.3) is 10.9 Å². The Balaban J connectivity index is 2.56. The molecule has 0 radical (unpaired) electrons. The van der Waals surface area contributed by atoms with E-state index in [1.807, 2.05) is 13.0 Å². The van der Waals surface area contributed by atoms with E-state index in [0.29, 0.717) is 6.61 Å². The zero-order valence-electron chi connectivity index (χ0n) is 8.30. The minimum atomic E-state index is -0.929. The molecule has 0 atom stereocenters. The van der Waals surface area contributed by atoms with E-state index < -0.39 is 5.97 Å². The van der Waals surface area contributed by atoms with Crippen LogP contribution >= 0.6 is 0 Å². The first-order chi connectivity index (χ1) is 7.22. The number of carbonyl (C=O) groups is 1. The number of carboxylic acids is 1. The number of benzene rings is 1. The molecule has 78 valence electrons. The van der Waals surface area contributed by atoms with Crippen LogP contribution in [-0.2, 0) is 0 Å². The number of fused-ring (bicyclic) bond motifs is 1. The van der Waals surface area contributed by atoms with Gasteiger partial charge in [-0.2, -0.15) is 4.73 Å². The fourth-order valence-electron chi connectivity index (χ4n) is 1.49. The molecule has 0 aliphatic rings. The van der Waals surface area contributed by atoms with E-state index >= 15 is 0 Å². The van der Waals surface area contributed by atoms with Gasteiger partial charge >= 0.3 is 5.97 Å². The van der Waals surface area contributed by atoms with E-state index in [2.05, 4.69) is 0 Å². The highest BCUT2D eigenvalue weighted by Crippen LogP contribution is 2.16. The predicted octanol–water partition coefficient (Wildman–Crippen LogP) is 1.79. The molecule has 0 aliphatic heterocycles. The summed E-state index contributed by atoms with van der Waals surface area (Å²) in [4.78, 5) is 16.1. The van der Waals surface area contributed by atoms with Gasteiger partial charge in [-0.15, -0.1) is 0 Å². The molecule has 0 saturated carbocycles. The maximum atomic E-state index is 10.8. The van der Waals surface area contributed by atoms with Crippen LogP contribution in [0.1, 0.15) is 17.3 Å². The Bertz CT molecular complexity index is 502. The van der Waals surface area contributed by atoms with Crippen molar-refractivity contribution in [2.45, 2.75) is 6.92 Å². The van der Waals surface area contributed by atoms with Gasteiger partial charge < -0.3 is 9.94 Å². The van der Waals surface area contributed by atoms with Crippen molar-refractivity contribution < 1.29 is 14.7 Å². The smallest absolute Gasteiger partial charge is 0.335 e. The van der Waals surface area contributed by atoms with Crippen LogP contribution in [0.3, 0.4) is 0 Å². The number of rotatable bonds is 3. The highest BCUT2D eigenvalue weighted by atomic mass is 16.7. The maximum Gasteiger partial charge on any atom is 0.335 e. The Morgan fingerprint density at radius 1 is 1.47 bits per heavy atom. The van der Waals surface area contributed by atoms with Crippen LogP contribution in [0.5, 0.6) is 0 Å². The molecule has 1 N–H and O–H groups in total. The van der Waals surface area contributed by atoms with Gasteiger partial charge in [0.25, 0.3) is 0 Å². The van der Waals surface area contributed by atoms with E-state index in [-0.39, 0.29) is 5.56 Å². The molecule has 0 fully saturated rings. The van der Waals surface area contributed by atoms with E-state index in [9.17, 15) is 4.79 Å². The number of hydrogen-bond donors (Lipinski definition) is 1. The lowest BCUT2D eigenvalue weighted by atomic mass is 10.2. The number of hydrogen-bond acceptors (Lipinski definition) is 2. The highest BCUT2D eigenvalue weighted by Gasteiger charge is 2.06. The number of aromatic nitrogens is 1. The summed E-state index contributed by atoms with van der Waals surface area (Å²) in [7, 11) is 0. The van der Waals surface area contributed by atoms with Crippen LogP contribution in [0.15, 0.2) is 30.5 Å². The van der Waals surface area contributed by atoms with Crippen LogP contribution in [0.2, 0.25) is 0 Å². The Kier molecular flexibility index (Phi) is 2.33. The summed E-state index contributed by atoms with van der Waals surface area (Å²) in [5.74, 6) is -0.929. The summed E-state index contributed by atoms with van der Waals surface area (Å²) >= 11 is 0. The number of aromatic carboxylic acids is 1. The molecule has 0 bridgehead atoms. The Morgan fingerprint density at radius 2 is 2.27 bits per heavy atom. The van der Waals surface area contributed by atoms with Crippen molar-refractivity contribution in [3.05, 3.63) is 36.0 Å². The topological polar surface area (TPSA) is 51.5 Å². The molecule has 0 spiro atoms. The van der Waals surface area contributed by atoms with Crippen molar-refractivity contribution in [2.75, 3.05) is 6.61 Å². The van der Waals surface area contributed by atoms with Crippen molar-refractivity contribution in [2.24, 2.45) is 0 Å². The lowest BCUT2D eigenvalue weighted by molar-refractivity contribution is 0.0697. The molecule has 4 nitrogen and oxygen atoms in total. The molecule has 15 heavy (non-hydrogen) atoms. The third kappa shape index (κ3) is 1.66. The van der Waals surface area contributed by atoms with Gasteiger partial charge in [0.15, 0.2) is 0 Å². The average molecular weight is 205 g/mol. The molecule has 0 aliphatic carbocycles. The maximum absolute atomic E-state index is 10.8. The SMILES string of the molecule is CCOn1ccc2ccc(C(=O)O)cc21. The standard InChI is InChI=1S/C11H11NO3/c1-2-15-12-6-5-8-3-4-9(11(13)14)7-10(8)12/h3-7H,2H2,1H3,(H,13,14). The molecule has 4 heteroatoms. The highest BCUT2D eigenvalue weighted by molar-refractivity contribution is 5.93. The van der Waals surface area contributed by atoms with Crippen molar-refractivity contribution in [1.29, 1.82) is 0 Å². The molecule has 2 aromatic rings. The van der Waals surface area contributed by atoms with E-state index in [1.54, 1.807) is 29.1 Å². The summed E-state index contributed by atoms with van der Waals surface area (Å²) in [6.07, 6.45) is 1.78. The van der Waals surface area contributed by atoms with E-state index in [0.717, 1.165) is 10.9 Å². The zero-order chi connectivity index (χ0) is 10.8. The van der Waals surface area contributed by atoms with Gasteiger partial charge in [0.2, 0.25) is 0 Å². The second-order valence-corrected chi connectivity index (χ2v) is 3.14. The van der Waals surface area contributed by atoms with Crippen LogP contribution in [-0.4, -0.2) is 22.4 Å². The van der Waals surface area contributed by atoms with E-state index in [4.69, 9.17) is 9.94 Å². The lowest BCUT2D eigenvalue weighted by Crippen LogP contribution is -2.09. The normalized spacial score (nSPS) is 10.5. The van der Waals surface area contributed by atoms with E-state index in [1.165, 1.54) is 0 Å². The first-order valence-electron chi connectivity index (χ1n) is 4.70. The number of nitrogens with zero attached hydrogens (tertiary/aromatic N) is 1. The summed E-state index contributed by atoms with van der Waals surface area (Å²) in [5, 5.41) is 9.82. The van der Waals surface area contributed by atoms with Gasteiger partial charge in [0, 0.05) is 11.6 Å². The van der Waals surface area contributed by atoms with Gasteiger partial charge in [-0.25, -0.2) is 4.79 Å². The Morgan fingerprint density at radius 3 is 2.93 bits per heavy atom. The third-order valence-corrected chi connectivity index (χ3v) is 2.17. The third-order valence-electron chi connectivity index (χ3n) is 2.17. The fourth-order valence-corrected chi connectivity index (χ4v) is 1.49. The second kappa shape index (κ2) is 3.65. The number of carboxylic acid groups (broad SMARTS) is 1. The minimum absolute atomic E-state index is 0.266. The van der Waals surface area contributed by atoms with Crippen LogP contribution in [0.4, 0.5) is 0 Å². The molecule has 0 saturated heterocycles. The molecular weight excluding hydrogens is 194 g/mol. The lowest BCUT2D eigenvalue weighted by Gasteiger charge is -2.05. The van der Waals surface area contributed by atoms with Crippen molar-refractivity contribution in [3.8, 4) is 0 Å². The van der Waals surface area contributed by atoms with Gasteiger partial charge in [-0.1, -0.05) is 6.07 Å². The monoisotopic (exact) mass is 205 g/mol. The molecule has 2 rings (SSSR count). The predicted molar refractivity (Wildman–Crippen MR) is 56.0 cm³/mol. The zero-order valence-corrected chi connectivity index (χ0v) is 8.30. The average Bonchev–Trinajstić information content (AvgIpc) is 2.61. The largest absolute Gasteiger partial charge is 0.478 e. The van der Waals surface area contributed by atoms with Crippen LogP contribution < -0.4 is 4.84 Å². The van der Waals surface area contributed by atoms with Gasteiger partial charge in [-0.05, 0) is 25.1 Å². The molecule has 1 heterocycles. The van der Waals surface area contributed by atoms with Crippen molar-refractivity contribution in [1.82, 2.24) is 4.73 Å². The summed E-state index contributed by atoms with van der Waals surface area (Å²) in [6, 6.07) is 6.85. The van der Waals surface area contributed by atoms with Gasteiger partial charge in [-0.3, -0.25) is 0 Å². The van der Waals surface area contributed by atoms with Crippen LogP contribution in [0, 0.1) is 0 Å². The Hall–Kier alpha value is -1.97. The van der Waals surface area contributed by atoms with Crippen molar-refractivity contribution in [3.63, 3.8) is 0 Å². The summed E-state index contributed by atoms with van der Waals surface area (Å²) in [6.45, 7) is 2.42. The second-order valence-electron chi connectivity index (χ2n) is 3.14. The first-order valence-corrected chi connectivity index (χ1v) is 4.70. The molecule has 0 unspecified atom stereocenters. The molecule has 1 aromatic heterocycles.